The molecule has 0 spiro atoms. The molecule has 3 heteroatoms. The van der Waals surface area contributed by atoms with Crippen molar-refractivity contribution in [1.29, 1.82) is 0 Å². The number of rotatable bonds is 0. The third-order valence-electron chi connectivity index (χ3n) is 0.733. The van der Waals surface area contributed by atoms with Crippen molar-refractivity contribution in [2.75, 3.05) is 0 Å². The van der Waals surface area contributed by atoms with Gasteiger partial charge in [0.2, 0.25) is 0 Å². The zero-order valence-corrected chi connectivity index (χ0v) is 11.1. The summed E-state index contributed by atoms with van der Waals surface area (Å²) < 4.78 is 11.9. The van der Waals surface area contributed by atoms with Crippen molar-refractivity contribution in [1.82, 2.24) is 0 Å². The molecule has 0 atom stereocenters. The van der Waals surface area contributed by atoms with Crippen LogP contribution in [0, 0.1) is 12.7 Å². The summed E-state index contributed by atoms with van der Waals surface area (Å²) in [5, 5.41) is 0. The molecular formula is C8H10BrFZn. The van der Waals surface area contributed by atoms with E-state index in [9.17, 15) is 4.39 Å². The van der Waals surface area contributed by atoms with Gasteiger partial charge in [-0.1, -0.05) is 18.2 Å². The van der Waals surface area contributed by atoms with E-state index in [0.29, 0.717) is 0 Å². The molecule has 0 nitrogen and oxygen atoms in total. The van der Waals surface area contributed by atoms with E-state index in [2.05, 4.69) is 6.92 Å². The maximum atomic E-state index is 11.9. The third kappa shape index (κ3) is 10.3. The number of benzene rings is 1. The molecule has 0 unspecified atom stereocenters. The smallest absolute Gasteiger partial charge is 1.00 e. The summed E-state index contributed by atoms with van der Waals surface area (Å²) in [7, 11) is 0. The quantitative estimate of drug-likeness (QED) is 0.447. The maximum Gasteiger partial charge on any atom is 2.00 e. The van der Waals surface area contributed by atoms with Crippen LogP contribution < -0.4 is 17.0 Å². The van der Waals surface area contributed by atoms with Crippen LogP contribution in [0.3, 0.4) is 0 Å². The standard InChI is InChI=1S/C6H5F.C2H5.BrH.Zn/c7-6-4-2-1-3-5-6;1-2;;/h1-5H;1H2,2H3;1H;/q;-1;;+2/p-1. The summed E-state index contributed by atoms with van der Waals surface area (Å²) in [6.45, 7) is 5.00. The molecule has 0 aliphatic heterocycles. The normalized spacial score (nSPS) is 6.09. The summed E-state index contributed by atoms with van der Waals surface area (Å²) in [5.41, 5.74) is 0. The molecule has 1 aromatic rings. The molecule has 0 saturated heterocycles. The second-order valence-corrected chi connectivity index (χ2v) is 1.30. The predicted octanol–water partition coefficient (Wildman–Crippen LogP) is -0.332. The molecule has 0 aliphatic rings. The maximum absolute atomic E-state index is 11.9. The van der Waals surface area contributed by atoms with Crippen LogP contribution in [0.15, 0.2) is 30.3 Å². The van der Waals surface area contributed by atoms with Gasteiger partial charge in [0, 0.05) is 0 Å². The minimum atomic E-state index is -0.178. The molecule has 1 rings (SSSR count). The van der Waals surface area contributed by atoms with E-state index in [1.807, 2.05) is 0 Å². The molecule has 0 aliphatic carbocycles. The average Bonchev–Trinajstić information content (AvgIpc) is 1.94. The zero-order chi connectivity index (χ0) is 7.11. The Morgan fingerprint density at radius 1 is 1.09 bits per heavy atom. The van der Waals surface area contributed by atoms with Gasteiger partial charge >= 0.3 is 19.5 Å². The SMILES string of the molecule is Fc1ccccc1.[Br-].[CH2-]C.[Zn+2]. The molecule has 58 valence electrons. The van der Waals surface area contributed by atoms with E-state index < -0.39 is 0 Å². The van der Waals surface area contributed by atoms with E-state index in [1.165, 1.54) is 12.1 Å². The fourth-order valence-corrected chi connectivity index (χ4v) is 0.415. The summed E-state index contributed by atoms with van der Waals surface area (Å²) in [5.74, 6) is -0.178. The van der Waals surface area contributed by atoms with Gasteiger partial charge in [0.15, 0.2) is 0 Å². The second kappa shape index (κ2) is 12.9. The molecule has 11 heavy (non-hydrogen) atoms. The monoisotopic (exact) mass is 268 g/mol. The van der Waals surface area contributed by atoms with Crippen molar-refractivity contribution >= 4 is 0 Å². The van der Waals surface area contributed by atoms with Crippen LogP contribution in [0.5, 0.6) is 0 Å². The molecular weight excluding hydrogens is 260 g/mol. The Kier molecular flexibility index (Phi) is 20.4. The fraction of sp³-hybridized carbons (Fsp3) is 0.125. The molecule has 0 bridgehead atoms. The van der Waals surface area contributed by atoms with Crippen LogP contribution >= 0.6 is 0 Å². The van der Waals surface area contributed by atoms with Crippen LogP contribution in [0.1, 0.15) is 6.92 Å². The summed E-state index contributed by atoms with van der Waals surface area (Å²) in [6, 6.07) is 7.94. The van der Waals surface area contributed by atoms with Gasteiger partial charge in [-0.3, -0.25) is 0 Å². The van der Waals surface area contributed by atoms with Crippen molar-refractivity contribution in [2.45, 2.75) is 6.92 Å². The number of hydrogen-bond donors (Lipinski definition) is 0. The Labute approximate surface area is 90.7 Å². The first kappa shape index (κ1) is 17.4. The van der Waals surface area contributed by atoms with E-state index in [0.717, 1.165) is 0 Å². The van der Waals surface area contributed by atoms with Gasteiger partial charge in [-0.15, -0.1) is 0 Å². The molecule has 0 amide bonds. The molecule has 0 fully saturated rings. The summed E-state index contributed by atoms with van der Waals surface area (Å²) >= 11 is 0. The zero-order valence-electron chi connectivity index (χ0n) is 6.56. The van der Waals surface area contributed by atoms with E-state index >= 15 is 0 Å². The number of hydrogen-bond acceptors (Lipinski definition) is 0. The summed E-state index contributed by atoms with van der Waals surface area (Å²) in [4.78, 5) is 0. The Morgan fingerprint density at radius 3 is 1.64 bits per heavy atom. The van der Waals surface area contributed by atoms with Gasteiger partial charge in [-0.2, -0.15) is 6.92 Å². The van der Waals surface area contributed by atoms with E-state index in [-0.39, 0.29) is 42.3 Å². The van der Waals surface area contributed by atoms with E-state index in [4.69, 9.17) is 0 Å². The molecule has 0 heterocycles. The van der Waals surface area contributed by atoms with Crippen LogP contribution in [0.4, 0.5) is 4.39 Å². The molecule has 1 aromatic carbocycles. The Bertz CT molecular complexity index is 144. The first-order valence-corrected chi connectivity index (χ1v) is 2.81. The van der Waals surface area contributed by atoms with Crippen LogP contribution in [0.25, 0.3) is 0 Å². The fourth-order valence-electron chi connectivity index (χ4n) is 0.415. The predicted molar refractivity (Wildman–Crippen MR) is 37.4 cm³/mol. The Hall–Kier alpha value is 0.253. The van der Waals surface area contributed by atoms with Crippen molar-refractivity contribution < 1.29 is 40.8 Å². The first-order chi connectivity index (χ1) is 4.39. The number of halogens is 2. The van der Waals surface area contributed by atoms with Gasteiger partial charge in [0.05, 0.1) is 0 Å². The van der Waals surface area contributed by atoms with Crippen molar-refractivity contribution in [3.8, 4) is 0 Å². The van der Waals surface area contributed by atoms with E-state index in [1.54, 1.807) is 25.1 Å². The van der Waals surface area contributed by atoms with Crippen molar-refractivity contribution in [2.24, 2.45) is 0 Å². The molecule has 0 aromatic heterocycles. The minimum Gasteiger partial charge on any atom is -1.00 e. The largest absolute Gasteiger partial charge is 2.00 e. The Balaban J connectivity index is -0.000000149. The summed E-state index contributed by atoms with van der Waals surface area (Å²) in [6.07, 6.45) is 0. The van der Waals surface area contributed by atoms with Crippen LogP contribution in [-0.2, 0) is 19.5 Å². The van der Waals surface area contributed by atoms with Gasteiger partial charge in [-0.25, -0.2) is 4.39 Å². The van der Waals surface area contributed by atoms with Crippen molar-refractivity contribution in [3.63, 3.8) is 0 Å². The third-order valence-corrected chi connectivity index (χ3v) is 0.733. The van der Waals surface area contributed by atoms with Gasteiger partial charge in [0.1, 0.15) is 5.82 Å². The van der Waals surface area contributed by atoms with Gasteiger partial charge in [-0.05, 0) is 12.1 Å². The average molecular weight is 270 g/mol. The van der Waals surface area contributed by atoms with Crippen LogP contribution in [0.2, 0.25) is 0 Å². The minimum absolute atomic E-state index is 0. The molecule has 0 N–H and O–H groups in total. The van der Waals surface area contributed by atoms with Crippen LogP contribution in [-0.4, -0.2) is 0 Å². The van der Waals surface area contributed by atoms with Gasteiger partial charge < -0.3 is 23.9 Å². The Morgan fingerprint density at radius 2 is 1.45 bits per heavy atom. The second-order valence-electron chi connectivity index (χ2n) is 1.30. The molecule has 0 radical (unpaired) electrons. The first-order valence-electron chi connectivity index (χ1n) is 2.81. The van der Waals surface area contributed by atoms with Gasteiger partial charge in [0.25, 0.3) is 0 Å². The topological polar surface area (TPSA) is 0 Å². The molecule has 0 saturated carbocycles. The van der Waals surface area contributed by atoms with Crippen molar-refractivity contribution in [3.05, 3.63) is 43.1 Å².